The second kappa shape index (κ2) is 11.1. The van der Waals surface area contributed by atoms with E-state index in [9.17, 15) is 4.79 Å². The van der Waals surface area contributed by atoms with Crippen LogP contribution >= 0.6 is 23.6 Å². The van der Waals surface area contributed by atoms with E-state index >= 15 is 0 Å². The second-order valence-electron chi connectivity index (χ2n) is 6.88. The maximum atomic E-state index is 12.3. The Kier molecular flexibility index (Phi) is 8.82. The molecule has 1 heterocycles. The highest BCUT2D eigenvalue weighted by molar-refractivity contribution is 7.80. The number of thiocarbonyl (C=S) groups is 1. The number of aryl methyl sites for hydroxylation is 1. The fourth-order valence-electron chi connectivity index (χ4n) is 2.79. The monoisotopic (exact) mass is 420 g/mol. The van der Waals surface area contributed by atoms with Crippen LogP contribution in [0.5, 0.6) is 0 Å². The number of para-hydroxylation sites is 1. The van der Waals surface area contributed by atoms with Crippen molar-refractivity contribution in [3.8, 4) is 0 Å². The van der Waals surface area contributed by atoms with Gasteiger partial charge in [0.15, 0.2) is 10.2 Å². The molecule has 0 aliphatic rings. The number of hydrogen-bond donors (Lipinski definition) is 3. The van der Waals surface area contributed by atoms with E-state index in [2.05, 4.69) is 36.6 Å². The average Bonchev–Trinajstić information content (AvgIpc) is 3.12. The van der Waals surface area contributed by atoms with Gasteiger partial charge in [0.05, 0.1) is 38.6 Å². The Labute approximate surface area is 177 Å². The number of carbonyl (C=O) groups is 1. The van der Waals surface area contributed by atoms with Crippen LogP contribution in [0.1, 0.15) is 31.5 Å². The molecule has 2 aromatic rings. The van der Waals surface area contributed by atoms with Crippen LogP contribution in [-0.4, -0.2) is 43.2 Å². The van der Waals surface area contributed by atoms with E-state index in [4.69, 9.17) is 12.2 Å². The lowest BCUT2D eigenvalue weighted by molar-refractivity contribution is -0.858. The van der Waals surface area contributed by atoms with E-state index in [-0.39, 0.29) is 5.91 Å². The van der Waals surface area contributed by atoms with Crippen molar-refractivity contribution in [2.45, 2.75) is 33.2 Å². The van der Waals surface area contributed by atoms with Gasteiger partial charge in [0.1, 0.15) is 0 Å². The molecule has 3 N–H and O–H groups in total. The van der Waals surface area contributed by atoms with Gasteiger partial charge in [-0.15, -0.1) is 11.3 Å². The number of rotatable bonds is 9. The lowest BCUT2D eigenvalue weighted by Gasteiger charge is -2.21. The molecule has 0 fully saturated rings. The highest BCUT2D eigenvalue weighted by Gasteiger charge is 2.20. The molecule has 0 unspecified atom stereocenters. The molecule has 0 aliphatic carbocycles. The molecule has 0 spiro atoms. The molecule has 0 bridgehead atoms. The van der Waals surface area contributed by atoms with Gasteiger partial charge in [0.2, 0.25) is 5.91 Å². The molecule has 152 valence electrons. The standard InChI is InChI=1S/C20H29N5OS2/c1-5-16-9-6-7-10-18(16)25(15(2)26)20-23-17(14-28-20)13-22-19(27)21-11-8-12-24(3)4/h6-7,9-10,14H,5,8,11-13H2,1-4H3,(H2,21,22,27)/p+1. The fourth-order valence-corrected chi connectivity index (χ4v) is 3.85. The van der Waals surface area contributed by atoms with Crippen molar-refractivity contribution in [1.29, 1.82) is 0 Å². The quantitative estimate of drug-likeness (QED) is 0.427. The number of anilines is 2. The van der Waals surface area contributed by atoms with Gasteiger partial charge < -0.3 is 15.5 Å². The fraction of sp³-hybridized carbons (Fsp3) is 0.450. The Morgan fingerprint density at radius 3 is 2.71 bits per heavy atom. The van der Waals surface area contributed by atoms with E-state index < -0.39 is 0 Å². The van der Waals surface area contributed by atoms with E-state index in [1.165, 1.54) is 16.2 Å². The second-order valence-corrected chi connectivity index (χ2v) is 8.12. The minimum atomic E-state index is -0.0463. The first-order chi connectivity index (χ1) is 13.4. The first-order valence-corrected chi connectivity index (χ1v) is 10.8. The van der Waals surface area contributed by atoms with Crippen LogP contribution in [-0.2, 0) is 17.8 Å². The number of hydrogen-bond acceptors (Lipinski definition) is 4. The van der Waals surface area contributed by atoms with Crippen LogP contribution in [0.15, 0.2) is 29.6 Å². The summed E-state index contributed by atoms with van der Waals surface area (Å²) in [4.78, 5) is 20.1. The molecule has 0 aliphatic heterocycles. The number of carbonyl (C=O) groups excluding carboxylic acids is 1. The van der Waals surface area contributed by atoms with Gasteiger partial charge in [-0.1, -0.05) is 25.1 Å². The summed E-state index contributed by atoms with van der Waals surface area (Å²) in [6.45, 7) is 6.14. The Bertz CT molecular complexity index is 790. The molecule has 1 aromatic heterocycles. The number of benzene rings is 1. The molecular weight excluding hydrogens is 390 g/mol. The van der Waals surface area contributed by atoms with Crippen molar-refractivity contribution < 1.29 is 9.69 Å². The van der Waals surface area contributed by atoms with Crippen LogP contribution in [0.3, 0.4) is 0 Å². The first kappa shape index (κ1) is 22.3. The molecule has 0 saturated heterocycles. The third kappa shape index (κ3) is 6.54. The molecule has 0 atom stereocenters. The van der Waals surface area contributed by atoms with Gasteiger partial charge in [-0.25, -0.2) is 4.98 Å². The van der Waals surface area contributed by atoms with E-state index in [0.717, 1.165) is 42.9 Å². The van der Waals surface area contributed by atoms with Gasteiger partial charge in [0.25, 0.3) is 0 Å². The summed E-state index contributed by atoms with van der Waals surface area (Å²) < 4.78 is 0. The first-order valence-electron chi connectivity index (χ1n) is 9.56. The maximum Gasteiger partial charge on any atom is 0.230 e. The van der Waals surface area contributed by atoms with Gasteiger partial charge in [-0.3, -0.25) is 9.69 Å². The zero-order valence-electron chi connectivity index (χ0n) is 17.0. The zero-order valence-corrected chi connectivity index (χ0v) is 18.7. The van der Waals surface area contributed by atoms with Crippen LogP contribution in [0.4, 0.5) is 10.8 Å². The summed E-state index contributed by atoms with van der Waals surface area (Å²) in [6.07, 6.45) is 1.92. The number of nitrogens with zero attached hydrogens (tertiary/aromatic N) is 2. The summed E-state index contributed by atoms with van der Waals surface area (Å²) in [5, 5.41) is 9.67. The minimum absolute atomic E-state index is 0.0463. The Hall–Kier alpha value is -2.03. The molecule has 28 heavy (non-hydrogen) atoms. The van der Waals surface area contributed by atoms with Crippen LogP contribution in [0.2, 0.25) is 0 Å². The SMILES string of the molecule is CCc1ccccc1N(C(C)=O)c1nc(CNC(=S)NCCC[NH+](C)C)cs1. The van der Waals surface area contributed by atoms with Gasteiger partial charge in [-0.05, 0) is 30.3 Å². The van der Waals surface area contributed by atoms with Crippen LogP contribution < -0.4 is 20.4 Å². The molecule has 8 heteroatoms. The Morgan fingerprint density at radius 1 is 1.29 bits per heavy atom. The van der Waals surface area contributed by atoms with Crippen LogP contribution in [0.25, 0.3) is 0 Å². The van der Waals surface area contributed by atoms with Crippen molar-refractivity contribution >= 4 is 45.4 Å². The number of aromatic nitrogens is 1. The molecule has 1 aromatic carbocycles. The summed E-state index contributed by atoms with van der Waals surface area (Å²) in [5.41, 5.74) is 2.88. The van der Waals surface area contributed by atoms with E-state index in [1.807, 2.05) is 29.6 Å². The highest BCUT2D eigenvalue weighted by Crippen LogP contribution is 2.31. The van der Waals surface area contributed by atoms with Crippen molar-refractivity contribution in [2.24, 2.45) is 0 Å². The topological polar surface area (TPSA) is 61.7 Å². The summed E-state index contributed by atoms with van der Waals surface area (Å²) in [7, 11) is 4.28. The van der Waals surface area contributed by atoms with Gasteiger partial charge in [0, 0.05) is 25.3 Å². The third-order valence-electron chi connectivity index (χ3n) is 4.23. The van der Waals surface area contributed by atoms with E-state index in [1.54, 1.807) is 11.8 Å². The molecule has 6 nitrogen and oxygen atoms in total. The summed E-state index contributed by atoms with van der Waals surface area (Å²) >= 11 is 6.79. The van der Waals surface area contributed by atoms with Crippen molar-refractivity contribution in [2.75, 3.05) is 32.1 Å². The number of amides is 1. The van der Waals surface area contributed by atoms with Gasteiger partial charge in [-0.2, -0.15) is 0 Å². The lowest BCUT2D eigenvalue weighted by Crippen LogP contribution is -3.05. The molecule has 0 saturated carbocycles. The third-order valence-corrected chi connectivity index (χ3v) is 5.39. The van der Waals surface area contributed by atoms with Crippen molar-refractivity contribution in [3.63, 3.8) is 0 Å². The van der Waals surface area contributed by atoms with Crippen LogP contribution in [0, 0.1) is 0 Å². The average molecular weight is 421 g/mol. The number of thiazole rings is 1. The zero-order chi connectivity index (χ0) is 20.5. The Balaban J connectivity index is 1.98. The molecular formula is C20H30N5OS2+. The maximum absolute atomic E-state index is 12.3. The van der Waals surface area contributed by atoms with Crippen molar-refractivity contribution in [3.05, 3.63) is 40.9 Å². The number of quaternary nitrogens is 1. The molecule has 0 radical (unpaired) electrons. The van der Waals surface area contributed by atoms with Crippen molar-refractivity contribution in [1.82, 2.24) is 15.6 Å². The Morgan fingerprint density at radius 2 is 2.04 bits per heavy atom. The van der Waals surface area contributed by atoms with E-state index in [0.29, 0.717) is 16.8 Å². The predicted octanol–water partition coefficient (Wildman–Crippen LogP) is 1.89. The predicted molar refractivity (Wildman–Crippen MR) is 120 cm³/mol. The number of nitrogens with one attached hydrogen (secondary N) is 3. The summed E-state index contributed by atoms with van der Waals surface area (Å²) in [5.74, 6) is -0.0463. The minimum Gasteiger partial charge on any atom is -0.363 e. The smallest absolute Gasteiger partial charge is 0.230 e. The van der Waals surface area contributed by atoms with Gasteiger partial charge >= 0.3 is 0 Å². The highest BCUT2D eigenvalue weighted by atomic mass is 32.1. The summed E-state index contributed by atoms with van der Waals surface area (Å²) in [6, 6.07) is 7.95. The molecule has 2 rings (SSSR count). The lowest BCUT2D eigenvalue weighted by atomic mass is 10.1. The molecule has 1 amide bonds. The normalized spacial score (nSPS) is 10.8. The largest absolute Gasteiger partial charge is 0.363 e.